The van der Waals surface area contributed by atoms with Gasteiger partial charge in [0.05, 0.1) is 36.3 Å². The first kappa shape index (κ1) is 34.8. The Hall–Kier alpha value is -2.41. The lowest BCUT2D eigenvalue weighted by molar-refractivity contribution is -0.154. The van der Waals surface area contributed by atoms with Gasteiger partial charge < -0.3 is 35.8 Å². The van der Waals surface area contributed by atoms with Gasteiger partial charge in [-0.15, -0.1) is 0 Å². The highest BCUT2D eigenvalue weighted by Gasteiger charge is 2.49. The number of fused-ring (bicyclic) bond motifs is 1. The van der Waals surface area contributed by atoms with Crippen LogP contribution in [0.2, 0.25) is 0 Å². The average molecular weight is 591 g/mol. The van der Waals surface area contributed by atoms with Crippen LogP contribution in [0.4, 0.5) is 13.2 Å². The number of rotatable bonds is 6. The van der Waals surface area contributed by atoms with Crippen molar-refractivity contribution in [1.29, 1.82) is 0 Å². The first-order valence-corrected chi connectivity index (χ1v) is 14.0. The molecule has 234 valence electrons. The lowest BCUT2D eigenvalue weighted by Gasteiger charge is -2.34. The van der Waals surface area contributed by atoms with Crippen LogP contribution in [-0.4, -0.2) is 76.4 Å². The quantitative estimate of drug-likeness (QED) is 0.103. The Morgan fingerprint density at radius 2 is 1.90 bits per heavy atom. The van der Waals surface area contributed by atoms with Crippen molar-refractivity contribution in [3.63, 3.8) is 0 Å². The van der Waals surface area contributed by atoms with Gasteiger partial charge in [-0.3, -0.25) is 9.59 Å². The molecule has 6 N–H and O–H groups in total. The van der Waals surface area contributed by atoms with Crippen LogP contribution < -0.4 is 11.1 Å². The largest absolute Gasteiger partial charge is 0.494 e. The number of hydrogen-bond donors (Lipinski definition) is 5. The van der Waals surface area contributed by atoms with Crippen LogP contribution in [0.1, 0.15) is 67.2 Å². The number of nitrogens with two attached hydrogens (primary N) is 1. The summed E-state index contributed by atoms with van der Waals surface area (Å²) in [6.45, 7) is 9.24. The van der Waals surface area contributed by atoms with Gasteiger partial charge in [-0.2, -0.15) is 13.2 Å². The van der Waals surface area contributed by atoms with Crippen molar-refractivity contribution in [2.45, 2.75) is 110 Å². The predicted octanol–water partition coefficient (Wildman–Crippen LogP) is 3.03. The predicted molar refractivity (Wildman–Crippen MR) is 146 cm³/mol. The van der Waals surface area contributed by atoms with Crippen LogP contribution in [0.15, 0.2) is 35.3 Å². The molecule has 12 heteroatoms. The van der Waals surface area contributed by atoms with Gasteiger partial charge >= 0.3 is 12.1 Å². The first-order valence-electron chi connectivity index (χ1n) is 14.0. The molecule has 8 atom stereocenters. The number of ketones is 1. The molecule has 9 nitrogen and oxygen atoms in total. The van der Waals surface area contributed by atoms with Crippen LogP contribution in [0.25, 0.3) is 0 Å². The van der Waals surface area contributed by atoms with Crippen molar-refractivity contribution in [1.82, 2.24) is 5.32 Å². The average Bonchev–Trinajstić information content (AvgIpc) is 3.66. The number of ether oxygens (including phenoxy) is 2. The Labute approximate surface area is 239 Å². The molecule has 0 aliphatic carbocycles. The van der Waals surface area contributed by atoms with Gasteiger partial charge in [-0.05, 0) is 37.3 Å². The molecule has 0 aromatic carbocycles. The normalized spacial score (nSPS) is 34.6. The van der Waals surface area contributed by atoms with Crippen molar-refractivity contribution >= 4 is 11.8 Å². The Kier molecular flexibility index (Phi) is 12.0. The Balaban J connectivity index is 2.46. The number of alkyl halides is 3. The van der Waals surface area contributed by atoms with Crippen LogP contribution in [0.5, 0.6) is 0 Å². The first-order chi connectivity index (χ1) is 18.9. The third kappa shape index (κ3) is 9.29. The van der Waals surface area contributed by atoms with E-state index in [2.05, 4.69) is 5.32 Å². The summed E-state index contributed by atoms with van der Waals surface area (Å²) in [5.41, 5.74) is 4.17. The van der Waals surface area contributed by atoms with Gasteiger partial charge in [0.25, 0.3) is 0 Å². The maximum atomic E-state index is 14.0. The summed E-state index contributed by atoms with van der Waals surface area (Å²) >= 11 is 0. The minimum absolute atomic E-state index is 0.0935. The third-order valence-corrected chi connectivity index (χ3v) is 8.20. The monoisotopic (exact) mass is 590 g/mol. The molecule has 0 spiro atoms. The van der Waals surface area contributed by atoms with E-state index in [1.807, 2.05) is 0 Å². The number of esters is 1. The summed E-state index contributed by atoms with van der Waals surface area (Å²) in [7, 11) is 0. The molecule has 1 saturated heterocycles. The summed E-state index contributed by atoms with van der Waals surface area (Å²) in [4.78, 5) is 26.2. The number of carbonyl (C=O) groups is 2. The van der Waals surface area contributed by atoms with E-state index >= 15 is 0 Å². The smallest absolute Gasteiger partial charge is 0.412 e. The number of hydrogen-bond acceptors (Lipinski definition) is 9. The molecule has 0 aromatic heterocycles. The fourth-order valence-corrected chi connectivity index (χ4v) is 5.05. The van der Waals surface area contributed by atoms with E-state index in [1.165, 1.54) is 40.0 Å². The standard InChI is InChI=1S/C29H45F3N2O7/c1-7-20(13-35)40-14-19(33)10-15(2)22-9-8-18(29(30,31)32)11-21-25(34-21)16(3)26(38)17(4)27(39)28(5,6)23(36)12-24(37)41-22/h8,10,14,16-17,20-23,25-26,34-36,38H,7,9,11-13,33H2,1-6H3/b15-10+,18-8+,19-14-/t16-,17+,20?,21?,22-,23-,25?,26-/m0/s1. The number of cyclic esters (lactones) is 1. The van der Waals surface area contributed by atoms with Crippen LogP contribution >= 0.6 is 0 Å². The van der Waals surface area contributed by atoms with Gasteiger partial charge in [0.15, 0.2) is 0 Å². The maximum Gasteiger partial charge on any atom is 0.412 e. The molecule has 0 bridgehead atoms. The minimum atomic E-state index is -4.65. The maximum absolute atomic E-state index is 14.0. The second kappa shape index (κ2) is 14.2. The van der Waals surface area contributed by atoms with E-state index in [9.17, 15) is 38.1 Å². The molecule has 3 unspecified atom stereocenters. The number of nitrogens with one attached hydrogen (secondary N) is 1. The van der Waals surface area contributed by atoms with Gasteiger partial charge in [-0.25, -0.2) is 0 Å². The molecular formula is C29H45F3N2O7. The molecule has 0 radical (unpaired) electrons. The topological polar surface area (TPSA) is 161 Å². The molecule has 1 fully saturated rings. The van der Waals surface area contributed by atoms with Crippen molar-refractivity contribution in [2.75, 3.05) is 6.61 Å². The highest BCUT2D eigenvalue weighted by molar-refractivity contribution is 5.88. The minimum Gasteiger partial charge on any atom is -0.494 e. The fourth-order valence-electron chi connectivity index (χ4n) is 5.05. The summed E-state index contributed by atoms with van der Waals surface area (Å²) in [6, 6.07) is -0.995. The molecular weight excluding hydrogens is 545 g/mol. The number of aliphatic hydroxyl groups excluding tert-OH is 3. The van der Waals surface area contributed by atoms with Gasteiger partial charge in [0, 0.05) is 30.0 Å². The molecule has 0 amide bonds. The van der Waals surface area contributed by atoms with E-state index in [-0.39, 0.29) is 25.1 Å². The Morgan fingerprint density at radius 3 is 2.46 bits per heavy atom. The Bertz CT molecular complexity index is 1020. The SMILES string of the molecule is CCC(CO)O/C=C(N)/C=C(\C)[C@@H]1C/C=C(/C(F)(F)F)CC2NC2[C@H](C)[C@H](O)[C@@H](C)C(=O)C(C)(C)[C@@H](O)CC(=O)O1. The summed E-state index contributed by atoms with van der Waals surface area (Å²) in [6.07, 6.45) is -6.11. The number of aliphatic hydroxyl groups is 3. The van der Waals surface area contributed by atoms with Crippen LogP contribution in [0, 0.1) is 17.3 Å². The lowest BCUT2D eigenvalue weighted by atomic mass is 9.73. The fraction of sp³-hybridized carbons (Fsp3) is 0.724. The lowest BCUT2D eigenvalue weighted by Crippen LogP contribution is -2.46. The van der Waals surface area contributed by atoms with Gasteiger partial charge in [0.2, 0.25) is 0 Å². The zero-order valence-electron chi connectivity index (χ0n) is 24.6. The van der Waals surface area contributed by atoms with Crippen LogP contribution in [-0.2, 0) is 19.1 Å². The number of halogens is 3. The molecule has 2 aliphatic heterocycles. The van der Waals surface area contributed by atoms with E-state index in [4.69, 9.17) is 15.2 Å². The summed E-state index contributed by atoms with van der Waals surface area (Å²) in [5, 5.41) is 34.0. The molecule has 2 aliphatic rings. The number of Topliss-reactive ketones (excluding diaryl/α,β-unsaturated/α-hetero) is 1. The van der Waals surface area contributed by atoms with Gasteiger partial charge in [-0.1, -0.05) is 40.7 Å². The van der Waals surface area contributed by atoms with E-state index in [1.54, 1.807) is 13.8 Å². The zero-order chi connectivity index (χ0) is 31.3. The van der Waals surface area contributed by atoms with Crippen LogP contribution in [0.3, 0.4) is 0 Å². The number of allylic oxidation sites excluding steroid dienone is 1. The Morgan fingerprint density at radius 1 is 1.27 bits per heavy atom. The van der Waals surface area contributed by atoms with Crippen molar-refractivity contribution < 1.29 is 47.6 Å². The molecule has 0 saturated carbocycles. The third-order valence-electron chi connectivity index (χ3n) is 8.20. The highest BCUT2D eigenvalue weighted by Crippen LogP contribution is 2.38. The molecule has 41 heavy (non-hydrogen) atoms. The molecule has 0 aromatic rings. The second-order valence-corrected chi connectivity index (χ2v) is 11.7. The summed E-state index contributed by atoms with van der Waals surface area (Å²) in [5.74, 6) is -2.86. The van der Waals surface area contributed by atoms with E-state index < -0.39 is 83.7 Å². The highest BCUT2D eigenvalue weighted by atomic mass is 19.4. The van der Waals surface area contributed by atoms with Crippen molar-refractivity contribution in [3.05, 3.63) is 35.3 Å². The second-order valence-electron chi connectivity index (χ2n) is 11.7. The molecule has 2 rings (SSSR count). The molecule has 2 heterocycles. The van der Waals surface area contributed by atoms with E-state index in [0.29, 0.717) is 12.0 Å². The van der Waals surface area contributed by atoms with Gasteiger partial charge in [0.1, 0.15) is 24.3 Å². The summed E-state index contributed by atoms with van der Waals surface area (Å²) < 4.78 is 52.9. The van der Waals surface area contributed by atoms with E-state index in [0.717, 1.165) is 6.08 Å². The van der Waals surface area contributed by atoms with Crippen molar-refractivity contribution in [2.24, 2.45) is 23.0 Å². The number of carbonyl (C=O) groups excluding carboxylic acids is 2. The van der Waals surface area contributed by atoms with Crippen molar-refractivity contribution in [3.8, 4) is 0 Å². The zero-order valence-corrected chi connectivity index (χ0v) is 24.6.